The minimum absolute atomic E-state index is 0.219. The number of amides is 1. The van der Waals surface area contributed by atoms with Crippen molar-refractivity contribution in [1.82, 2.24) is 4.98 Å². The van der Waals surface area contributed by atoms with E-state index in [1.54, 1.807) is 50.9 Å². The molecule has 5 rings (SSSR count). The first kappa shape index (κ1) is 28.5. The predicted octanol–water partition coefficient (Wildman–Crippen LogP) is 5.98. The van der Waals surface area contributed by atoms with Crippen molar-refractivity contribution in [3.05, 3.63) is 69.7 Å². The zero-order valence-corrected chi connectivity index (χ0v) is 24.3. The Hall–Kier alpha value is -3.98. The number of halogens is 1. The highest BCUT2D eigenvalue weighted by Gasteiger charge is 2.37. The van der Waals surface area contributed by atoms with Crippen LogP contribution in [-0.2, 0) is 22.4 Å². The summed E-state index contributed by atoms with van der Waals surface area (Å²) in [6, 6.07) is 6.60. The SMILES string of the molecule is COc1ncccc1C(=O)N1CCc2c1cc(C)c(C(OC(C)(C)C)C(=O)O)c2-c1cc(F)c2c(c1C)CCCO2. The molecule has 2 aliphatic rings. The summed E-state index contributed by atoms with van der Waals surface area (Å²) >= 11 is 0. The number of aryl methyl sites for hydroxylation is 1. The van der Waals surface area contributed by atoms with E-state index in [9.17, 15) is 14.7 Å². The highest BCUT2D eigenvalue weighted by Crippen LogP contribution is 2.48. The molecule has 216 valence electrons. The van der Waals surface area contributed by atoms with Crippen LogP contribution in [0.5, 0.6) is 11.6 Å². The average Bonchev–Trinajstić information content (AvgIpc) is 3.35. The number of carboxylic acid groups (broad SMARTS) is 1. The Morgan fingerprint density at radius 3 is 2.61 bits per heavy atom. The summed E-state index contributed by atoms with van der Waals surface area (Å²) in [4.78, 5) is 32.3. The number of anilines is 1. The van der Waals surface area contributed by atoms with Gasteiger partial charge in [-0.15, -0.1) is 0 Å². The molecule has 0 saturated heterocycles. The Labute approximate surface area is 239 Å². The topological polar surface area (TPSA) is 98.2 Å². The van der Waals surface area contributed by atoms with E-state index in [0.717, 1.165) is 23.1 Å². The summed E-state index contributed by atoms with van der Waals surface area (Å²) in [5.74, 6) is -1.44. The lowest BCUT2D eigenvalue weighted by Crippen LogP contribution is -2.30. The number of benzene rings is 2. The molecule has 41 heavy (non-hydrogen) atoms. The van der Waals surface area contributed by atoms with Gasteiger partial charge in [0.2, 0.25) is 5.88 Å². The lowest BCUT2D eigenvalue weighted by Gasteiger charge is -2.30. The zero-order valence-electron chi connectivity index (χ0n) is 24.3. The van der Waals surface area contributed by atoms with Gasteiger partial charge < -0.3 is 24.2 Å². The molecule has 0 saturated carbocycles. The summed E-state index contributed by atoms with van der Waals surface area (Å²) in [7, 11) is 1.46. The Morgan fingerprint density at radius 2 is 1.93 bits per heavy atom. The van der Waals surface area contributed by atoms with E-state index in [4.69, 9.17) is 14.2 Å². The molecule has 2 aliphatic heterocycles. The van der Waals surface area contributed by atoms with E-state index >= 15 is 4.39 Å². The third-order valence-electron chi connectivity index (χ3n) is 7.64. The van der Waals surface area contributed by atoms with Crippen LogP contribution in [0.25, 0.3) is 11.1 Å². The summed E-state index contributed by atoms with van der Waals surface area (Å²) in [6.07, 6.45) is 2.11. The Balaban J connectivity index is 1.78. The van der Waals surface area contributed by atoms with Crippen molar-refractivity contribution in [3.8, 4) is 22.8 Å². The Bertz CT molecular complexity index is 1540. The molecule has 3 aromatic rings. The van der Waals surface area contributed by atoms with Crippen LogP contribution in [0, 0.1) is 19.7 Å². The van der Waals surface area contributed by atoms with Gasteiger partial charge in [0.05, 0.1) is 19.3 Å². The molecule has 0 bridgehead atoms. The second kappa shape index (κ2) is 10.8. The molecule has 1 unspecified atom stereocenters. The molecular formula is C32H35FN2O6. The van der Waals surface area contributed by atoms with Gasteiger partial charge in [-0.3, -0.25) is 4.79 Å². The van der Waals surface area contributed by atoms with Crippen LogP contribution < -0.4 is 14.4 Å². The molecule has 2 aromatic carbocycles. The van der Waals surface area contributed by atoms with Crippen LogP contribution in [0.2, 0.25) is 0 Å². The molecule has 3 heterocycles. The predicted molar refractivity (Wildman–Crippen MR) is 153 cm³/mol. The van der Waals surface area contributed by atoms with Crippen molar-refractivity contribution in [1.29, 1.82) is 0 Å². The Kier molecular flexibility index (Phi) is 7.50. The minimum atomic E-state index is -1.31. The fraction of sp³-hybridized carbons (Fsp3) is 0.406. The van der Waals surface area contributed by atoms with Gasteiger partial charge in [-0.1, -0.05) is 0 Å². The van der Waals surface area contributed by atoms with Crippen molar-refractivity contribution in [3.63, 3.8) is 0 Å². The number of carbonyl (C=O) groups is 2. The van der Waals surface area contributed by atoms with Crippen LogP contribution in [0.4, 0.5) is 10.1 Å². The van der Waals surface area contributed by atoms with Gasteiger partial charge in [-0.2, -0.15) is 0 Å². The lowest BCUT2D eigenvalue weighted by molar-refractivity contribution is -0.160. The molecule has 1 N–H and O–H groups in total. The quantitative estimate of drug-likeness (QED) is 0.395. The number of aromatic nitrogens is 1. The fourth-order valence-corrected chi connectivity index (χ4v) is 5.92. The number of methoxy groups -OCH3 is 1. The van der Waals surface area contributed by atoms with Gasteiger partial charge in [-0.05, 0) is 106 Å². The van der Waals surface area contributed by atoms with E-state index in [1.807, 2.05) is 13.0 Å². The molecule has 0 aliphatic carbocycles. The van der Waals surface area contributed by atoms with E-state index < -0.39 is 23.5 Å². The first-order chi connectivity index (χ1) is 19.4. The molecule has 8 nitrogen and oxygen atoms in total. The van der Waals surface area contributed by atoms with E-state index in [-0.39, 0.29) is 17.5 Å². The molecule has 9 heteroatoms. The second-order valence-corrected chi connectivity index (χ2v) is 11.5. The molecule has 1 atom stereocenters. The van der Waals surface area contributed by atoms with Gasteiger partial charge in [0, 0.05) is 29.6 Å². The number of pyridine rings is 1. The summed E-state index contributed by atoms with van der Waals surface area (Å²) in [6.45, 7) is 9.93. The van der Waals surface area contributed by atoms with Crippen LogP contribution in [-0.4, -0.2) is 47.8 Å². The number of ether oxygens (including phenoxy) is 3. The third-order valence-corrected chi connectivity index (χ3v) is 7.64. The molecule has 0 spiro atoms. The van der Waals surface area contributed by atoms with E-state index in [0.29, 0.717) is 59.5 Å². The highest BCUT2D eigenvalue weighted by atomic mass is 19.1. The number of carbonyl (C=O) groups excluding carboxylic acids is 1. The van der Waals surface area contributed by atoms with Crippen molar-refractivity contribution < 1.29 is 33.3 Å². The largest absolute Gasteiger partial charge is 0.490 e. The van der Waals surface area contributed by atoms with Gasteiger partial charge >= 0.3 is 5.97 Å². The summed E-state index contributed by atoms with van der Waals surface area (Å²) in [5, 5.41) is 10.4. The lowest BCUT2D eigenvalue weighted by atomic mass is 9.83. The second-order valence-electron chi connectivity index (χ2n) is 11.5. The number of hydrogen-bond donors (Lipinski definition) is 1. The van der Waals surface area contributed by atoms with Crippen LogP contribution in [0.1, 0.15) is 71.5 Å². The Morgan fingerprint density at radius 1 is 1.17 bits per heavy atom. The van der Waals surface area contributed by atoms with Gasteiger partial charge in [0.25, 0.3) is 5.91 Å². The van der Waals surface area contributed by atoms with Crippen molar-refractivity contribution >= 4 is 17.6 Å². The van der Waals surface area contributed by atoms with Gasteiger partial charge in [0.1, 0.15) is 5.56 Å². The maximum absolute atomic E-state index is 15.6. The van der Waals surface area contributed by atoms with Gasteiger partial charge in [0.15, 0.2) is 17.7 Å². The minimum Gasteiger partial charge on any atom is -0.490 e. The van der Waals surface area contributed by atoms with Crippen molar-refractivity contribution in [2.24, 2.45) is 0 Å². The molecular weight excluding hydrogens is 527 g/mol. The number of fused-ring (bicyclic) bond motifs is 2. The molecule has 1 aromatic heterocycles. The maximum atomic E-state index is 15.6. The molecule has 0 radical (unpaired) electrons. The molecule has 0 fully saturated rings. The summed E-state index contributed by atoms with van der Waals surface area (Å²) < 4.78 is 32.7. The molecule has 1 amide bonds. The smallest absolute Gasteiger partial charge is 0.337 e. The first-order valence-corrected chi connectivity index (χ1v) is 13.8. The van der Waals surface area contributed by atoms with Crippen LogP contribution >= 0.6 is 0 Å². The van der Waals surface area contributed by atoms with Crippen LogP contribution in [0.15, 0.2) is 30.5 Å². The third kappa shape index (κ3) is 5.14. The first-order valence-electron chi connectivity index (χ1n) is 13.8. The van der Waals surface area contributed by atoms with E-state index in [2.05, 4.69) is 4.98 Å². The number of carboxylic acids is 1. The van der Waals surface area contributed by atoms with Crippen molar-refractivity contribution in [2.75, 3.05) is 25.2 Å². The maximum Gasteiger partial charge on any atom is 0.337 e. The standard InChI is InChI=1S/C32H35FN2O6/c1-17-15-24-20(11-13-35(24)30(36)21-9-7-12-34-29(21)39-6)26(25(17)28(31(37)38)41-32(3,4)5)22-16-23(33)27-19(18(22)2)10-8-14-40-27/h7,9,12,15-16,28H,8,10-11,13-14H2,1-6H3,(H,37,38). The number of nitrogens with zero attached hydrogens (tertiary/aromatic N) is 2. The monoisotopic (exact) mass is 562 g/mol. The van der Waals surface area contributed by atoms with Crippen molar-refractivity contribution in [2.45, 2.75) is 65.6 Å². The summed E-state index contributed by atoms with van der Waals surface area (Å²) in [5.41, 5.74) is 4.83. The number of hydrogen-bond acceptors (Lipinski definition) is 6. The fourth-order valence-electron chi connectivity index (χ4n) is 5.92. The van der Waals surface area contributed by atoms with E-state index in [1.165, 1.54) is 13.2 Å². The highest BCUT2D eigenvalue weighted by molar-refractivity contribution is 6.09. The number of aliphatic carboxylic acids is 1. The average molecular weight is 563 g/mol. The number of rotatable bonds is 6. The normalized spacial score (nSPS) is 15.1. The van der Waals surface area contributed by atoms with Gasteiger partial charge in [-0.25, -0.2) is 14.2 Å². The van der Waals surface area contributed by atoms with Crippen LogP contribution in [0.3, 0.4) is 0 Å². The zero-order chi connectivity index (χ0) is 29.6.